The van der Waals surface area contributed by atoms with Crippen LogP contribution in [0.5, 0.6) is 0 Å². The molecule has 1 amide bonds. The van der Waals surface area contributed by atoms with Gasteiger partial charge < -0.3 is 10.0 Å². The van der Waals surface area contributed by atoms with Crippen LogP contribution in [0.1, 0.15) is 16.1 Å². The SMILES string of the molecule is CN(Cc1ccccc1Br)C(=O)Cn1cc(C(=O)O)nn1. The van der Waals surface area contributed by atoms with E-state index in [0.717, 1.165) is 10.0 Å². The Labute approximate surface area is 129 Å². The minimum atomic E-state index is -1.17. The van der Waals surface area contributed by atoms with Gasteiger partial charge in [-0.25, -0.2) is 9.48 Å². The van der Waals surface area contributed by atoms with Crippen molar-refractivity contribution in [3.8, 4) is 0 Å². The van der Waals surface area contributed by atoms with Gasteiger partial charge in [-0.05, 0) is 11.6 Å². The second-order valence-electron chi connectivity index (χ2n) is 4.45. The van der Waals surface area contributed by atoms with Crippen LogP contribution in [0, 0.1) is 0 Å². The third-order valence-corrected chi connectivity index (χ3v) is 3.62. The number of aromatic carboxylic acids is 1. The van der Waals surface area contributed by atoms with Crippen molar-refractivity contribution in [2.75, 3.05) is 7.05 Å². The number of benzene rings is 1. The minimum Gasteiger partial charge on any atom is -0.476 e. The molecular formula is C13H13BrN4O3. The predicted molar refractivity (Wildman–Crippen MR) is 77.6 cm³/mol. The third-order valence-electron chi connectivity index (χ3n) is 2.85. The average molecular weight is 353 g/mol. The van der Waals surface area contributed by atoms with Gasteiger partial charge in [-0.3, -0.25) is 4.79 Å². The molecule has 0 unspecified atom stereocenters. The van der Waals surface area contributed by atoms with Crippen LogP contribution in [0.25, 0.3) is 0 Å². The summed E-state index contributed by atoms with van der Waals surface area (Å²) in [7, 11) is 1.68. The molecule has 110 valence electrons. The molecule has 0 saturated carbocycles. The Morgan fingerprint density at radius 1 is 1.38 bits per heavy atom. The molecule has 0 fully saturated rings. The molecule has 0 atom stereocenters. The fraction of sp³-hybridized carbons (Fsp3) is 0.231. The average Bonchev–Trinajstić information content (AvgIpc) is 2.90. The molecule has 8 heteroatoms. The molecule has 7 nitrogen and oxygen atoms in total. The van der Waals surface area contributed by atoms with Gasteiger partial charge in [-0.15, -0.1) is 5.10 Å². The predicted octanol–water partition coefficient (Wildman–Crippen LogP) is 1.40. The molecular weight excluding hydrogens is 340 g/mol. The topological polar surface area (TPSA) is 88.3 Å². The number of hydrogen-bond acceptors (Lipinski definition) is 4. The third kappa shape index (κ3) is 3.88. The molecule has 1 aromatic heterocycles. The van der Waals surface area contributed by atoms with Crippen LogP contribution < -0.4 is 0 Å². The number of rotatable bonds is 5. The molecule has 0 aliphatic carbocycles. The highest BCUT2D eigenvalue weighted by Gasteiger charge is 2.14. The highest BCUT2D eigenvalue weighted by Crippen LogP contribution is 2.17. The molecule has 0 saturated heterocycles. The molecule has 0 bridgehead atoms. The van der Waals surface area contributed by atoms with E-state index in [1.165, 1.54) is 10.9 Å². The van der Waals surface area contributed by atoms with E-state index in [2.05, 4.69) is 26.2 Å². The Bertz CT molecular complexity index is 671. The van der Waals surface area contributed by atoms with E-state index in [0.29, 0.717) is 6.54 Å². The lowest BCUT2D eigenvalue weighted by molar-refractivity contribution is -0.131. The lowest BCUT2D eigenvalue weighted by atomic mass is 10.2. The van der Waals surface area contributed by atoms with Gasteiger partial charge in [0.2, 0.25) is 5.91 Å². The van der Waals surface area contributed by atoms with Gasteiger partial charge in [0.05, 0.1) is 6.20 Å². The van der Waals surface area contributed by atoms with Crippen LogP contribution in [0.2, 0.25) is 0 Å². The van der Waals surface area contributed by atoms with E-state index in [1.54, 1.807) is 11.9 Å². The zero-order valence-corrected chi connectivity index (χ0v) is 12.8. The van der Waals surface area contributed by atoms with Gasteiger partial charge in [0.15, 0.2) is 5.69 Å². The summed E-state index contributed by atoms with van der Waals surface area (Å²) in [5, 5.41) is 15.8. The maximum atomic E-state index is 12.1. The van der Waals surface area contributed by atoms with Crippen LogP contribution >= 0.6 is 15.9 Å². The van der Waals surface area contributed by atoms with Crippen molar-refractivity contribution in [3.05, 3.63) is 46.2 Å². The number of carbonyl (C=O) groups excluding carboxylic acids is 1. The summed E-state index contributed by atoms with van der Waals surface area (Å²) in [5.41, 5.74) is 0.800. The van der Waals surface area contributed by atoms with Crippen LogP contribution in [0.15, 0.2) is 34.9 Å². The quantitative estimate of drug-likeness (QED) is 0.878. The number of likely N-dealkylation sites (N-methyl/N-ethyl adjacent to an activating group) is 1. The maximum Gasteiger partial charge on any atom is 0.358 e. The molecule has 0 radical (unpaired) electrons. The Morgan fingerprint density at radius 2 is 2.10 bits per heavy atom. The van der Waals surface area contributed by atoms with Gasteiger partial charge in [-0.1, -0.05) is 39.3 Å². The molecule has 1 heterocycles. The summed E-state index contributed by atoms with van der Waals surface area (Å²) in [5.74, 6) is -1.36. The summed E-state index contributed by atoms with van der Waals surface area (Å²) in [6, 6.07) is 7.63. The standard InChI is InChI=1S/C13H13BrN4O3/c1-17(6-9-4-2-3-5-10(9)14)12(19)8-18-7-11(13(20)21)15-16-18/h2-5,7H,6,8H2,1H3,(H,20,21). The zero-order valence-electron chi connectivity index (χ0n) is 11.2. The summed E-state index contributed by atoms with van der Waals surface area (Å²) in [4.78, 5) is 24.3. The van der Waals surface area contributed by atoms with Crippen LogP contribution in [0.3, 0.4) is 0 Å². The summed E-state index contributed by atoms with van der Waals surface area (Å²) in [6.07, 6.45) is 1.23. The minimum absolute atomic E-state index is 0.0543. The second-order valence-corrected chi connectivity index (χ2v) is 5.30. The first-order valence-electron chi connectivity index (χ1n) is 6.08. The Kier molecular flexibility index (Phi) is 4.69. The highest BCUT2D eigenvalue weighted by atomic mass is 79.9. The van der Waals surface area contributed by atoms with E-state index in [4.69, 9.17) is 5.11 Å². The largest absolute Gasteiger partial charge is 0.476 e. The van der Waals surface area contributed by atoms with Crippen molar-refractivity contribution in [1.82, 2.24) is 19.9 Å². The normalized spacial score (nSPS) is 10.4. The molecule has 2 aromatic rings. The first-order chi connectivity index (χ1) is 9.97. The van der Waals surface area contributed by atoms with E-state index >= 15 is 0 Å². The van der Waals surface area contributed by atoms with Gasteiger partial charge in [0, 0.05) is 18.1 Å². The van der Waals surface area contributed by atoms with E-state index in [9.17, 15) is 9.59 Å². The monoisotopic (exact) mass is 352 g/mol. The summed E-state index contributed by atoms with van der Waals surface area (Å²) < 4.78 is 2.14. The number of carboxylic acids is 1. The van der Waals surface area contributed by atoms with Crippen LogP contribution in [0.4, 0.5) is 0 Å². The number of nitrogens with zero attached hydrogens (tertiary/aromatic N) is 4. The first kappa shape index (κ1) is 15.2. The Balaban J connectivity index is 1.99. The Morgan fingerprint density at radius 3 is 2.71 bits per heavy atom. The van der Waals surface area contributed by atoms with Crippen LogP contribution in [-0.2, 0) is 17.9 Å². The maximum absolute atomic E-state index is 12.1. The lowest BCUT2D eigenvalue weighted by Crippen LogP contribution is -2.30. The number of carbonyl (C=O) groups is 2. The molecule has 2 rings (SSSR count). The summed E-state index contributed by atoms with van der Waals surface area (Å²) >= 11 is 3.43. The van der Waals surface area contributed by atoms with Crippen LogP contribution in [-0.4, -0.2) is 43.9 Å². The highest BCUT2D eigenvalue weighted by molar-refractivity contribution is 9.10. The van der Waals surface area contributed by atoms with E-state index in [1.807, 2.05) is 24.3 Å². The van der Waals surface area contributed by atoms with Crippen molar-refractivity contribution in [1.29, 1.82) is 0 Å². The summed E-state index contributed by atoms with van der Waals surface area (Å²) in [6.45, 7) is 0.391. The molecule has 0 spiro atoms. The lowest BCUT2D eigenvalue weighted by Gasteiger charge is -2.17. The van der Waals surface area contributed by atoms with Crippen molar-refractivity contribution < 1.29 is 14.7 Å². The van der Waals surface area contributed by atoms with E-state index in [-0.39, 0.29) is 18.1 Å². The molecule has 0 aliphatic heterocycles. The number of amides is 1. The van der Waals surface area contributed by atoms with Crippen molar-refractivity contribution in [2.24, 2.45) is 0 Å². The number of carboxylic acid groups (broad SMARTS) is 1. The van der Waals surface area contributed by atoms with Gasteiger partial charge in [0.25, 0.3) is 0 Å². The van der Waals surface area contributed by atoms with Gasteiger partial charge >= 0.3 is 5.97 Å². The van der Waals surface area contributed by atoms with Gasteiger partial charge in [-0.2, -0.15) is 0 Å². The number of hydrogen-bond donors (Lipinski definition) is 1. The second kappa shape index (κ2) is 6.49. The fourth-order valence-electron chi connectivity index (χ4n) is 1.70. The number of aromatic nitrogens is 3. The Hall–Kier alpha value is -2.22. The smallest absolute Gasteiger partial charge is 0.358 e. The molecule has 1 aromatic carbocycles. The van der Waals surface area contributed by atoms with Crippen molar-refractivity contribution in [3.63, 3.8) is 0 Å². The van der Waals surface area contributed by atoms with E-state index < -0.39 is 5.97 Å². The molecule has 0 aliphatic rings. The van der Waals surface area contributed by atoms with Crippen molar-refractivity contribution in [2.45, 2.75) is 13.1 Å². The zero-order chi connectivity index (χ0) is 15.4. The van der Waals surface area contributed by atoms with Gasteiger partial charge in [0.1, 0.15) is 6.54 Å². The number of halogens is 1. The first-order valence-corrected chi connectivity index (χ1v) is 6.87. The fourth-order valence-corrected chi connectivity index (χ4v) is 2.11. The molecule has 1 N–H and O–H groups in total. The molecule has 21 heavy (non-hydrogen) atoms. The van der Waals surface area contributed by atoms with Crippen molar-refractivity contribution >= 4 is 27.8 Å².